The van der Waals surface area contributed by atoms with Crippen LogP contribution in [0.2, 0.25) is 0 Å². The van der Waals surface area contributed by atoms with Gasteiger partial charge in [-0.25, -0.2) is 13.4 Å². The summed E-state index contributed by atoms with van der Waals surface area (Å²) in [7, 11) is -3.55. The van der Waals surface area contributed by atoms with E-state index in [2.05, 4.69) is 4.98 Å². The van der Waals surface area contributed by atoms with E-state index in [0.29, 0.717) is 18.0 Å². The Morgan fingerprint density at radius 2 is 2.26 bits per heavy atom. The Hall–Kier alpha value is -1.22. The smallest absolute Gasteiger partial charge is 0.244 e. The van der Waals surface area contributed by atoms with Crippen LogP contribution in [0.15, 0.2) is 28.7 Å². The van der Waals surface area contributed by atoms with Crippen LogP contribution < -0.4 is 0 Å². The number of hydrogen-bond acceptors (Lipinski definition) is 5. The van der Waals surface area contributed by atoms with Gasteiger partial charge in [-0.05, 0) is 11.4 Å². The Balaban J connectivity index is 1.94. The first-order valence-corrected chi connectivity index (χ1v) is 8.12. The molecule has 19 heavy (non-hydrogen) atoms. The van der Waals surface area contributed by atoms with Gasteiger partial charge in [0.25, 0.3) is 0 Å². The zero-order valence-corrected chi connectivity index (χ0v) is 11.7. The monoisotopic (exact) mass is 299 g/mol. The molecule has 0 unspecified atom stereocenters. The molecule has 0 radical (unpaired) electrons. The minimum atomic E-state index is -3.55. The number of aliphatic hydroxyl groups is 1. The van der Waals surface area contributed by atoms with Gasteiger partial charge in [-0.1, -0.05) is 0 Å². The highest BCUT2D eigenvalue weighted by atomic mass is 32.2. The van der Waals surface area contributed by atoms with Crippen molar-refractivity contribution in [3.8, 4) is 0 Å². The van der Waals surface area contributed by atoms with Gasteiger partial charge in [-0.2, -0.15) is 4.31 Å². The van der Waals surface area contributed by atoms with Crippen molar-refractivity contribution < 1.29 is 13.5 Å². The first-order chi connectivity index (χ1) is 9.13. The van der Waals surface area contributed by atoms with Gasteiger partial charge in [-0.3, -0.25) is 0 Å². The van der Waals surface area contributed by atoms with Crippen molar-refractivity contribution in [2.24, 2.45) is 0 Å². The molecular weight excluding hydrogens is 286 g/mol. The molecule has 0 spiro atoms. The molecule has 0 bridgehead atoms. The molecule has 1 N–H and O–H groups in total. The van der Waals surface area contributed by atoms with E-state index < -0.39 is 10.0 Å². The summed E-state index contributed by atoms with van der Waals surface area (Å²) in [6, 6.07) is 1.55. The predicted octanol–water partition coefficient (Wildman–Crippen LogP) is 0.641. The third kappa shape index (κ3) is 2.10. The van der Waals surface area contributed by atoms with Gasteiger partial charge in [0, 0.05) is 30.4 Å². The highest BCUT2D eigenvalue weighted by Gasteiger charge is 2.30. The SMILES string of the molecule is O=S(=O)(c1ccsc1CO)N1CCn2ccnc2C1. The molecule has 0 aromatic carbocycles. The normalized spacial score (nSPS) is 16.5. The summed E-state index contributed by atoms with van der Waals surface area (Å²) in [4.78, 5) is 4.84. The van der Waals surface area contributed by atoms with Crippen LogP contribution >= 0.6 is 11.3 Å². The lowest BCUT2D eigenvalue weighted by molar-refractivity contribution is 0.281. The Kier molecular flexibility index (Phi) is 3.17. The van der Waals surface area contributed by atoms with E-state index in [1.165, 1.54) is 15.6 Å². The van der Waals surface area contributed by atoms with Crippen molar-refractivity contribution in [1.29, 1.82) is 0 Å². The molecule has 0 saturated carbocycles. The van der Waals surface area contributed by atoms with Gasteiger partial charge in [0.05, 0.1) is 18.0 Å². The second kappa shape index (κ2) is 4.71. The molecule has 0 fully saturated rings. The van der Waals surface area contributed by atoms with E-state index in [-0.39, 0.29) is 18.0 Å². The maximum atomic E-state index is 12.5. The summed E-state index contributed by atoms with van der Waals surface area (Å²) < 4.78 is 28.5. The van der Waals surface area contributed by atoms with E-state index in [1.54, 1.807) is 17.6 Å². The Bertz CT molecular complexity index is 690. The number of sulfonamides is 1. The van der Waals surface area contributed by atoms with Crippen molar-refractivity contribution >= 4 is 21.4 Å². The maximum Gasteiger partial charge on any atom is 0.244 e. The van der Waals surface area contributed by atoms with Gasteiger partial charge in [-0.15, -0.1) is 11.3 Å². The summed E-state index contributed by atoms with van der Waals surface area (Å²) in [5, 5.41) is 10.9. The van der Waals surface area contributed by atoms with Crippen LogP contribution in [0.4, 0.5) is 0 Å². The highest BCUT2D eigenvalue weighted by Crippen LogP contribution is 2.27. The van der Waals surface area contributed by atoms with Crippen LogP contribution in [-0.2, 0) is 29.7 Å². The summed E-state index contributed by atoms with van der Waals surface area (Å²) in [5.41, 5.74) is 0. The number of thiophene rings is 1. The highest BCUT2D eigenvalue weighted by molar-refractivity contribution is 7.89. The van der Waals surface area contributed by atoms with E-state index in [4.69, 9.17) is 0 Å². The lowest BCUT2D eigenvalue weighted by Crippen LogP contribution is -2.38. The molecule has 3 heterocycles. The van der Waals surface area contributed by atoms with Gasteiger partial charge in [0.2, 0.25) is 10.0 Å². The van der Waals surface area contributed by atoms with Gasteiger partial charge >= 0.3 is 0 Å². The zero-order chi connectivity index (χ0) is 13.5. The molecule has 2 aromatic rings. The van der Waals surface area contributed by atoms with Crippen molar-refractivity contribution in [3.63, 3.8) is 0 Å². The minimum absolute atomic E-state index is 0.208. The van der Waals surface area contributed by atoms with Crippen LogP contribution in [0.3, 0.4) is 0 Å². The van der Waals surface area contributed by atoms with Crippen molar-refractivity contribution in [1.82, 2.24) is 13.9 Å². The minimum Gasteiger partial charge on any atom is -0.391 e. The molecule has 0 aliphatic carbocycles. The third-order valence-corrected chi connectivity index (χ3v) is 6.14. The molecule has 8 heteroatoms. The van der Waals surface area contributed by atoms with Gasteiger partial charge in [0.1, 0.15) is 5.82 Å². The topological polar surface area (TPSA) is 75.4 Å². The van der Waals surface area contributed by atoms with Crippen LogP contribution in [0.1, 0.15) is 10.7 Å². The third-order valence-electron chi connectivity index (χ3n) is 3.18. The number of hydrogen-bond donors (Lipinski definition) is 1. The largest absolute Gasteiger partial charge is 0.391 e. The molecule has 0 saturated heterocycles. The molecule has 2 aromatic heterocycles. The molecule has 6 nitrogen and oxygen atoms in total. The standard InChI is InChI=1S/C11H13N3O3S2/c15-8-9-10(1-6-18-9)19(16,17)14-5-4-13-3-2-12-11(13)7-14/h1-3,6,15H,4-5,7-8H2. The first kappa shape index (κ1) is 12.8. The van der Waals surface area contributed by atoms with Crippen LogP contribution in [-0.4, -0.2) is 33.9 Å². The van der Waals surface area contributed by atoms with E-state index in [0.717, 1.165) is 5.82 Å². The maximum absolute atomic E-state index is 12.5. The molecule has 1 aliphatic heterocycles. The lowest BCUT2D eigenvalue weighted by atomic mass is 10.4. The first-order valence-electron chi connectivity index (χ1n) is 5.80. The predicted molar refractivity (Wildman–Crippen MR) is 70.1 cm³/mol. The van der Waals surface area contributed by atoms with Gasteiger partial charge < -0.3 is 9.67 Å². The zero-order valence-electron chi connectivity index (χ0n) is 10.1. The second-order valence-corrected chi connectivity index (χ2v) is 7.15. The Morgan fingerprint density at radius 3 is 3.05 bits per heavy atom. The molecule has 1 aliphatic rings. The number of aromatic nitrogens is 2. The number of rotatable bonds is 3. The molecular formula is C11H13N3O3S2. The lowest BCUT2D eigenvalue weighted by Gasteiger charge is -2.26. The fourth-order valence-electron chi connectivity index (χ4n) is 2.17. The molecule has 102 valence electrons. The fourth-order valence-corrected chi connectivity index (χ4v) is 4.82. The quantitative estimate of drug-likeness (QED) is 0.902. The second-order valence-electron chi connectivity index (χ2n) is 4.24. The number of imidazole rings is 1. The Labute approximate surface area is 115 Å². The van der Waals surface area contributed by atoms with E-state index in [9.17, 15) is 13.5 Å². The molecule has 3 rings (SSSR count). The van der Waals surface area contributed by atoms with Gasteiger partial charge in [0.15, 0.2) is 0 Å². The number of aliphatic hydroxyl groups excluding tert-OH is 1. The summed E-state index contributed by atoms with van der Waals surface area (Å²) in [6.07, 6.45) is 3.53. The van der Waals surface area contributed by atoms with E-state index >= 15 is 0 Å². The van der Waals surface area contributed by atoms with Crippen molar-refractivity contribution in [3.05, 3.63) is 34.5 Å². The average Bonchev–Trinajstić information content (AvgIpc) is 3.06. The Morgan fingerprint density at radius 1 is 1.42 bits per heavy atom. The van der Waals surface area contributed by atoms with E-state index in [1.807, 2.05) is 10.8 Å². The number of nitrogens with zero attached hydrogens (tertiary/aromatic N) is 3. The van der Waals surface area contributed by atoms with Crippen molar-refractivity contribution in [2.45, 2.75) is 24.6 Å². The van der Waals surface area contributed by atoms with Crippen LogP contribution in [0, 0.1) is 0 Å². The average molecular weight is 299 g/mol. The fraction of sp³-hybridized carbons (Fsp3) is 0.364. The van der Waals surface area contributed by atoms with Crippen LogP contribution in [0.5, 0.6) is 0 Å². The molecule has 0 atom stereocenters. The van der Waals surface area contributed by atoms with Crippen molar-refractivity contribution in [2.75, 3.05) is 6.54 Å². The summed E-state index contributed by atoms with van der Waals surface area (Å²) in [6.45, 7) is 1.05. The summed E-state index contributed by atoms with van der Waals surface area (Å²) >= 11 is 1.25. The number of fused-ring (bicyclic) bond motifs is 1. The van der Waals surface area contributed by atoms with Crippen LogP contribution in [0.25, 0.3) is 0 Å². The summed E-state index contributed by atoms with van der Waals surface area (Å²) in [5.74, 6) is 0.746. The molecule has 0 amide bonds.